The number of hydrogen-bond acceptors (Lipinski definition) is 2. The predicted molar refractivity (Wildman–Crippen MR) is 388 cm³/mol. The maximum atomic E-state index is 10.3. The smallest absolute Gasteiger partial charge is 0.269 e. The molecule has 0 N–H and O–H groups in total. The molecule has 0 bridgehead atoms. The Bertz CT molecular complexity index is 6400. The van der Waals surface area contributed by atoms with Crippen LogP contribution in [0.2, 0.25) is 0 Å². The Morgan fingerprint density at radius 2 is 1.00 bits per heavy atom. The van der Waals surface area contributed by atoms with Crippen molar-refractivity contribution >= 4 is 61.7 Å². The first-order valence-corrected chi connectivity index (χ1v) is 32.2. The van der Waals surface area contributed by atoms with Crippen LogP contribution < -0.4 is 30.1 Å². The van der Waals surface area contributed by atoms with E-state index in [1.807, 2.05) is 102 Å². The van der Waals surface area contributed by atoms with Crippen LogP contribution in [-0.2, 0) is 21.7 Å². The van der Waals surface area contributed by atoms with Gasteiger partial charge in [0.15, 0.2) is 8.07 Å². The lowest BCUT2D eigenvalue weighted by molar-refractivity contribution is -0.571. The SMILES string of the molecule is [2H]c1c([2H])c2c(c([2H])c1-c1cccc(-c3c([2H])c([2H])c4c(c3[2H])C(C([2H])([2H])[2H])(C([2H])([2H])[2H])CC4(C([2H])([2H])[2H])C([2H])([2H])[2H])c1-[n+]1[c-]n(-c3cccc(Oc4ccc5c6ccccc6n(-c6cc(C([2H])([2H])[2H])c(-c7cccc([Si](c8ccccc8)(c8ccccc8)c8ccccc8)c7)cn6)c5c4)c3)c3ccccc31)C(C([2H])([2H])[2H])(C([2H])([2H])[2H])CC2(C([2H])([2H])[2H])C([2H])([2H])[2H]. The number of benzene rings is 11. The van der Waals surface area contributed by atoms with Crippen LogP contribution in [0, 0.1) is 13.2 Å². The van der Waals surface area contributed by atoms with E-state index in [1.165, 1.54) is 21.3 Å². The van der Waals surface area contributed by atoms with Gasteiger partial charge < -0.3 is 4.74 Å². The van der Waals surface area contributed by atoms with Gasteiger partial charge in [-0.15, -0.1) is 0 Å². The molecule has 3 heterocycles. The Labute approximate surface area is 594 Å². The summed E-state index contributed by atoms with van der Waals surface area (Å²) in [6, 6.07) is 61.6. The monoisotopic (exact) mass is 1250 g/mol. The molecule has 0 radical (unpaired) electrons. The molecule has 5 nitrogen and oxygen atoms in total. The molecule has 2 aliphatic carbocycles. The zero-order valence-electron chi connectivity index (χ0n) is 82.6. The lowest BCUT2D eigenvalue weighted by atomic mass is 9.82. The van der Waals surface area contributed by atoms with Crippen molar-refractivity contribution in [2.75, 3.05) is 0 Å². The third-order valence-electron chi connectivity index (χ3n) is 18.1. The van der Waals surface area contributed by atoms with Crippen molar-refractivity contribution < 1.29 is 54.5 Å². The Kier molecular flexibility index (Phi) is 7.58. The summed E-state index contributed by atoms with van der Waals surface area (Å²) in [6.07, 6.45) is 1.26. The number of hydrogen-bond donors (Lipinski definition) is 0. The number of imidazole rings is 1. The van der Waals surface area contributed by atoms with Crippen LogP contribution in [0.3, 0.4) is 0 Å². The number of aryl methyl sites for hydroxylation is 1. The summed E-state index contributed by atoms with van der Waals surface area (Å²) in [5.41, 5.74) is -20.4. The van der Waals surface area contributed by atoms with Gasteiger partial charge in [0.1, 0.15) is 17.3 Å². The van der Waals surface area contributed by atoms with Gasteiger partial charge in [-0.3, -0.25) is 13.7 Å². The summed E-state index contributed by atoms with van der Waals surface area (Å²) < 4.78 is 315. The number of rotatable bonds is 12. The number of para-hydroxylation sites is 4. The van der Waals surface area contributed by atoms with Gasteiger partial charge in [-0.1, -0.05) is 273 Å². The molecule has 2 aliphatic rings. The first-order valence-electron chi connectivity index (χ1n) is 46.7. The van der Waals surface area contributed by atoms with Crippen LogP contribution in [0.1, 0.15) is 141 Å². The summed E-state index contributed by atoms with van der Waals surface area (Å²) >= 11 is 0. The average molecular weight is 1250 g/mol. The Balaban J connectivity index is 0.894. The van der Waals surface area contributed by atoms with Crippen molar-refractivity contribution in [3.63, 3.8) is 0 Å². The Morgan fingerprint density at radius 3 is 1.62 bits per heavy atom. The molecule has 0 saturated heterocycles. The highest BCUT2D eigenvalue weighted by Crippen LogP contribution is 2.53. The lowest BCUT2D eigenvalue weighted by Crippen LogP contribution is -2.74. The fraction of sp³-hybridized carbons (Fsp3) is 0.172. The molecular formula is C87H76N4OSi. The molecule has 0 fully saturated rings. The molecule has 0 atom stereocenters. The van der Waals surface area contributed by atoms with Gasteiger partial charge in [0.25, 0.3) is 6.33 Å². The topological polar surface area (TPSA) is 35.9 Å². The normalized spacial score (nSPS) is 21.6. The molecule has 6 heteroatoms. The van der Waals surface area contributed by atoms with Crippen LogP contribution in [0.15, 0.2) is 273 Å². The van der Waals surface area contributed by atoms with Gasteiger partial charge in [-0.25, -0.2) is 4.98 Å². The second-order valence-electron chi connectivity index (χ2n) is 24.1. The summed E-state index contributed by atoms with van der Waals surface area (Å²) in [5.74, 6) is 0.670. The number of aromatic nitrogens is 4. The quantitative estimate of drug-likeness (QED) is 0.0529. The molecule has 0 unspecified atom stereocenters. The van der Waals surface area contributed by atoms with Crippen molar-refractivity contribution in [3.8, 4) is 62.1 Å². The van der Waals surface area contributed by atoms with Crippen molar-refractivity contribution in [2.24, 2.45) is 0 Å². The van der Waals surface area contributed by atoms with Crippen LogP contribution in [0.5, 0.6) is 11.5 Å². The molecule has 0 amide bonds. The van der Waals surface area contributed by atoms with E-state index in [0.29, 0.717) is 22.2 Å². The zero-order valence-corrected chi connectivity index (χ0v) is 50.6. The first kappa shape index (κ1) is 32.4. The fourth-order valence-corrected chi connectivity index (χ4v) is 18.8. The van der Waals surface area contributed by atoms with Gasteiger partial charge >= 0.3 is 0 Å². The average Bonchev–Trinajstić information content (AvgIpc) is 1.49. The first-order chi connectivity index (χ1) is 58.7. The van der Waals surface area contributed by atoms with Crippen molar-refractivity contribution in [1.82, 2.24) is 14.1 Å². The molecule has 16 rings (SSSR count). The Morgan fingerprint density at radius 1 is 0.462 bits per heavy atom. The molecule has 0 saturated carbocycles. The lowest BCUT2D eigenvalue weighted by Gasteiger charge is -2.34. The van der Waals surface area contributed by atoms with Crippen LogP contribution in [-0.4, -0.2) is 22.2 Å². The molecule has 93 heavy (non-hydrogen) atoms. The summed E-state index contributed by atoms with van der Waals surface area (Å²) in [5, 5.41) is 5.86. The van der Waals surface area contributed by atoms with E-state index in [9.17, 15) is 12.3 Å². The molecule has 454 valence electrons. The van der Waals surface area contributed by atoms with Gasteiger partial charge in [0.2, 0.25) is 0 Å². The molecule has 11 aromatic carbocycles. The van der Waals surface area contributed by atoms with E-state index in [0.717, 1.165) is 49.7 Å². The predicted octanol–water partition coefficient (Wildman–Crippen LogP) is 18.6. The number of nitrogens with zero attached hydrogens (tertiary/aromatic N) is 4. The van der Waals surface area contributed by atoms with Crippen LogP contribution >= 0.6 is 0 Å². The van der Waals surface area contributed by atoms with Crippen molar-refractivity contribution in [1.29, 1.82) is 0 Å². The molecular weight excluding hydrogens is 1150 g/mol. The summed E-state index contributed by atoms with van der Waals surface area (Å²) in [7, 11) is -3.11. The largest absolute Gasteiger partial charge is 0.458 e. The molecule has 3 aromatic heterocycles. The number of ether oxygens (including phenoxy) is 1. The number of fused-ring (bicyclic) bond motifs is 6. The second kappa shape index (κ2) is 21.8. The standard InChI is InChI=1S/C87H76N4OSi/c1-58-48-82(88-54-73(58)59-26-23-35-68(49-59)93(65-29-13-10-14-30-65,66-31-15-11-16-32-66)67-33-17-12-18-34-67)91-78-39-20-19-36-71(78)72-45-44-64(53-81(72)91)92-63-28-24-27-62(52-63)89-57-90(80-41-22-21-40-79(80)89)83-69(60-42-46-74-76(50-60)86(6,7)55-84(74,2)3)37-25-38-70(83)61-43-47-75-77(51-61)87(8,9)56-85(75,4)5/h10-54H,55-56H2,1-9H3/i1D3,2D3,3D3,4D3,5D3,6D3,7D3,8D3,9D3,42D,43D,46D,47D,50D,51D. The summed E-state index contributed by atoms with van der Waals surface area (Å²) in [4.78, 5) is 5.10. The molecule has 0 aliphatic heterocycles. The van der Waals surface area contributed by atoms with Gasteiger partial charge in [-0.2, -0.15) is 0 Å². The van der Waals surface area contributed by atoms with Gasteiger partial charge in [0.05, 0.1) is 41.7 Å². The van der Waals surface area contributed by atoms with Crippen LogP contribution in [0.25, 0.3) is 83.4 Å². The van der Waals surface area contributed by atoms with E-state index >= 15 is 0 Å². The van der Waals surface area contributed by atoms with E-state index in [2.05, 4.69) is 54.9 Å². The van der Waals surface area contributed by atoms with E-state index < -0.39 is 191 Å². The second-order valence-corrected chi connectivity index (χ2v) is 27.9. The van der Waals surface area contributed by atoms with Crippen molar-refractivity contribution in [2.45, 2.75) is 96.2 Å². The fourth-order valence-electron chi connectivity index (χ4n) is 14.0. The highest BCUT2D eigenvalue weighted by molar-refractivity contribution is 7.19. The third-order valence-corrected chi connectivity index (χ3v) is 22.8. The maximum Gasteiger partial charge on any atom is 0.269 e. The zero-order chi connectivity index (χ0) is 91.3. The van der Waals surface area contributed by atoms with Gasteiger partial charge in [-0.05, 0) is 160 Å². The maximum absolute atomic E-state index is 10.3. The highest BCUT2D eigenvalue weighted by atomic mass is 28.3. The minimum Gasteiger partial charge on any atom is -0.458 e. The van der Waals surface area contributed by atoms with Crippen molar-refractivity contribution in [3.05, 3.63) is 307 Å². The minimum atomic E-state index is -3.97. The highest BCUT2D eigenvalue weighted by Gasteiger charge is 2.44. The third kappa shape index (κ3) is 9.55. The molecule has 14 aromatic rings. The Hall–Kier alpha value is -10.1. The summed E-state index contributed by atoms with van der Waals surface area (Å²) in [6.45, 7) is -34.2. The van der Waals surface area contributed by atoms with E-state index in [4.69, 9.17) is 42.6 Å². The van der Waals surface area contributed by atoms with Crippen LogP contribution in [0.4, 0.5) is 0 Å². The van der Waals surface area contributed by atoms with Gasteiger partial charge in [0, 0.05) is 65.6 Å². The van der Waals surface area contributed by atoms with E-state index in [1.54, 1.807) is 60.8 Å². The molecule has 0 spiro atoms. The van der Waals surface area contributed by atoms with E-state index in [-0.39, 0.29) is 39.6 Å². The number of pyridine rings is 1. The minimum absolute atomic E-state index is 0.0241.